The van der Waals surface area contributed by atoms with Crippen LogP contribution >= 0.6 is 0 Å². The van der Waals surface area contributed by atoms with Gasteiger partial charge in [0.15, 0.2) is 0 Å². The molecule has 0 unspecified atom stereocenters. The fourth-order valence-electron chi connectivity index (χ4n) is 0. The molecule has 0 rings (SSSR count). The van der Waals surface area contributed by atoms with Gasteiger partial charge in [-0.1, -0.05) is 0 Å². The molecule has 0 aliphatic rings. The number of hydrogen-bond donors (Lipinski definition) is 1. The van der Waals surface area contributed by atoms with E-state index < -0.39 is 26.8 Å². The first-order valence-electron chi connectivity index (χ1n) is 2.26. The van der Waals surface area contributed by atoms with Crippen LogP contribution in [0.3, 0.4) is 0 Å². The number of carboxylic acids is 1. The summed E-state index contributed by atoms with van der Waals surface area (Å²) in [6.45, 7) is 1.08. The summed E-state index contributed by atoms with van der Waals surface area (Å²) >= 11 is 0. The Morgan fingerprint density at radius 2 is 0.882 bits per heavy atom. The maximum Gasteiger partial charge on any atom is 2.00 e. The number of rotatable bonds is 0. The van der Waals surface area contributed by atoms with Crippen LogP contribution in [-0.2, 0) is 42.7 Å². The topological polar surface area (TPSA) is 198 Å². The van der Waals surface area contributed by atoms with Gasteiger partial charge in [0.25, 0.3) is 5.97 Å². The molecule has 0 aromatic heterocycles. The monoisotopic (exact) mass is 385 g/mol. The SMILES string of the molecule is CC(=O)O.O=S(=O)([O-])[O-].O=S(=O)([O-])[O-].[K+].[K+].[Mn+2]. The molecule has 1 radical (unpaired) electrons. The van der Waals surface area contributed by atoms with Gasteiger partial charge in [-0.15, -0.1) is 0 Å². The van der Waals surface area contributed by atoms with Crippen LogP contribution in [0, 0.1) is 0 Å². The molecule has 0 saturated heterocycles. The molecule has 0 amide bonds. The summed E-state index contributed by atoms with van der Waals surface area (Å²) in [5, 5.41) is 7.42. The molecule has 10 nitrogen and oxygen atoms in total. The van der Waals surface area contributed by atoms with Crippen LogP contribution in [0.2, 0.25) is 0 Å². The molecular weight excluding hydrogens is 381 g/mol. The van der Waals surface area contributed by atoms with Gasteiger partial charge >= 0.3 is 120 Å². The van der Waals surface area contributed by atoms with Crippen LogP contribution < -0.4 is 103 Å². The minimum absolute atomic E-state index is 0. The molecule has 93 valence electrons. The fourth-order valence-corrected chi connectivity index (χ4v) is 0. The minimum atomic E-state index is -5.17. The number of hydrogen-bond acceptors (Lipinski definition) is 9. The van der Waals surface area contributed by atoms with Crippen molar-refractivity contribution in [3.8, 4) is 0 Å². The standard InChI is InChI=1S/C2H4O2.2K.Mn.2H2O4S/c1-2(3)4;;;;2*1-5(2,3)4/h1H3,(H,3,4);;;;2*(H2,1,2,3,4)/q;2*+1;+2;;/p-4. The van der Waals surface area contributed by atoms with Crippen LogP contribution in [0.15, 0.2) is 0 Å². The van der Waals surface area contributed by atoms with Crippen LogP contribution in [0.4, 0.5) is 0 Å². The summed E-state index contributed by atoms with van der Waals surface area (Å²) in [5.41, 5.74) is 0. The normalized spacial score (nSPS) is 8.29. The van der Waals surface area contributed by atoms with E-state index in [0.717, 1.165) is 6.92 Å². The molecule has 0 saturated carbocycles. The zero-order valence-corrected chi connectivity index (χ0v) is 17.9. The van der Waals surface area contributed by atoms with E-state index in [1.165, 1.54) is 0 Å². The summed E-state index contributed by atoms with van der Waals surface area (Å²) in [6, 6.07) is 0. The van der Waals surface area contributed by atoms with Crippen molar-refractivity contribution >= 4 is 26.8 Å². The van der Waals surface area contributed by atoms with Crippen LogP contribution in [0.25, 0.3) is 0 Å². The molecule has 0 bridgehead atoms. The zero-order chi connectivity index (χ0) is 12.6. The van der Waals surface area contributed by atoms with Gasteiger partial charge in [-0.05, 0) is 0 Å². The maximum absolute atomic E-state index is 9.00. The van der Waals surface area contributed by atoms with Gasteiger partial charge in [-0.25, -0.2) is 0 Å². The molecular formula is C2H4K2MnO10S2. The Balaban J connectivity index is -0.0000000247. The van der Waals surface area contributed by atoms with Crippen molar-refractivity contribution in [2.24, 2.45) is 0 Å². The third-order valence-electron chi connectivity index (χ3n) is 0. The molecule has 17 heavy (non-hydrogen) atoms. The summed E-state index contributed by atoms with van der Waals surface area (Å²) in [5.74, 6) is -0.833. The Kier molecular flexibility index (Phi) is 41.2. The van der Waals surface area contributed by atoms with Crippen LogP contribution in [-0.4, -0.2) is 46.1 Å². The Morgan fingerprint density at radius 3 is 0.882 bits per heavy atom. The quantitative estimate of drug-likeness (QED) is 0.237. The van der Waals surface area contributed by atoms with Gasteiger partial charge in [0.05, 0.1) is 0 Å². The first-order valence-corrected chi connectivity index (χ1v) is 4.93. The molecule has 0 heterocycles. The first-order chi connectivity index (χ1) is 5.73. The van der Waals surface area contributed by atoms with E-state index >= 15 is 0 Å². The third kappa shape index (κ3) is 609. The Labute approximate surface area is 194 Å². The molecule has 0 fully saturated rings. The van der Waals surface area contributed by atoms with Crippen molar-refractivity contribution in [1.29, 1.82) is 0 Å². The molecule has 0 aliphatic carbocycles. The predicted octanol–water partition coefficient (Wildman–Crippen LogP) is -8.58. The largest absolute Gasteiger partial charge is 2.00 e. The van der Waals surface area contributed by atoms with E-state index in [4.69, 9.17) is 44.9 Å². The second kappa shape index (κ2) is 19.0. The van der Waals surface area contributed by atoms with Gasteiger partial charge in [-0.2, -0.15) is 0 Å². The number of carboxylic acid groups (broad SMARTS) is 1. The van der Waals surface area contributed by atoms with Crippen molar-refractivity contribution in [3.05, 3.63) is 0 Å². The molecule has 0 aromatic carbocycles. The molecule has 0 aromatic rings. The summed E-state index contributed by atoms with van der Waals surface area (Å²) in [4.78, 5) is 9.00. The van der Waals surface area contributed by atoms with Gasteiger partial charge < -0.3 is 23.3 Å². The molecule has 15 heteroatoms. The Bertz CT molecular complexity index is 297. The zero-order valence-electron chi connectivity index (χ0n) is 8.82. The molecule has 1 N–H and O–H groups in total. The predicted molar refractivity (Wildman–Crippen MR) is 34.3 cm³/mol. The van der Waals surface area contributed by atoms with E-state index in [9.17, 15) is 0 Å². The van der Waals surface area contributed by atoms with Gasteiger partial charge in [0, 0.05) is 27.7 Å². The van der Waals surface area contributed by atoms with Gasteiger partial charge in [0.2, 0.25) is 0 Å². The average Bonchev–Trinajstić information content (AvgIpc) is 1.45. The number of aliphatic carboxylic acids is 1. The number of carbonyl (C=O) groups is 1. The molecule has 0 atom stereocenters. The van der Waals surface area contributed by atoms with Crippen molar-refractivity contribution in [3.63, 3.8) is 0 Å². The van der Waals surface area contributed by atoms with Gasteiger partial charge in [-0.3, -0.25) is 21.6 Å². The van der Waals surface area contributed by atoms with E-state index in [2.05, 4.69) is 0 Å². The Morgan fingerprint density at radius 1 is 0.882 bits per heavy atom. The van der Waals surface area contributed by atoms with Crippen molar-refractivity contribution < 1.29 is 165 Å². The smallest absolute Gasteiger partial charge is 0.759 e. The van der Waals surface area contributed by atoms with E-state index in [0.29, 0.717) is 0 Å². The molecule has 0 spiro atoms. The Hall–Kier alpha value is 3.00. The maximum atomic E-state index is 9.00. The average molecular weight is 385 g/mol. The third-order valence-corrected chi connectivity index (χ3v) is 0. The summed E-state index contributed by atoms with van der Waals surface area (Å²) in [6.07, 6.45) is 0. The van der Waals surface area contributed by atoms with E-state index in [1.807, 2.05) is 0 Å². The van der Waals surface area contributed by atoms with Crippen LogP contribution in [0.1, 0.15) is 6.92 Å². The molecule has 0 aliphatic heterocycles. The first kappa shape index (κ1) is 36.8. The van der Waals surface area contributed by atoms with Crippen molar-refractivity contribution in [2.45, 2.75) is 6.92 Å². The minimum Gasteiger partial charge on any atom is -0.759 e. The van der Waals surface area contributed by atoms with Crippen molar-refractivity contribution in [2.75, 3.05) is 0 Å². The van der Waals surface area contributed by atoms with E-state index in [-0.39, 0.29) is 120 Å². The van der Waals surface area contributed by atoms with E-state index in [1.54, 1.807) is 0 Å². The van der Waals surface area contributed by atoms with Gasteiger partial charge in [0.1, 0.15) is 0 Å². The van der Waals surface area contributed by atoms with Crippen LogP contribution in [0.5, 0.6) is 0 Å². The summed E-state index contributed by atoms with van der Waals surface area (Å²) < 4.78 is 68.2. The summed E-state index contributed by atoms with van der Waals surface area (Å²) in [7, 11) is -10.3. The second-order valence-corrected chi connectivity index (χ2v) is 2.97. The second-order valence-electron chi connectivity index (χ2n) is 1.34. The fraction of sp³-hybridized carbons (Fsp3) is 0.500. The van der Waals surface area contributed by atoms with Crippen molar-refractivity contribution in [1.82, 2.24) is 0 Å².